The summed E-state index contributed by atoms with van der Waals surface area (Å²) >= 11 is 0. The van der Waals surface area contributed by atoms with Crippen LogP contribution in [0.5, 0.6) is 0 Å². The third-order valence-corrected chi connectivity index (χ3v) is 6.56. The molecule has 0 amide bonds. The molecular formula is C18H15F3N2O2S. The average molecular weight is 380 g/mol. The molecule has 136 valence electrons. The van der Waals surface area contributed by atoms with Crippen LogP contribution in [0.15, 0.2) is 53.4 Å². The summed E-state index contributed by atoms with van der Waals surface area (Å²) in [5.41, 5.74) is 1.51. The fraction of sp³-hybridized carbons (Fsp3) is 0.222. The van der Waals surface area contributed by atoms with Crippen LogP contribution in [0.1, 0.15) is 16.8 Å². The van der Waals surface area contributed by atoms with E-state index in [1.54, 1.807) is 0 Å². The Hall–Kier alpha value is -2.32. The Morgan fingerprint density at radius 1 is 1.00 bits per heavy atom. The van der Waals surface area contributed by atoms with Crippen LogP contribution in [0, 0.1) is 0 Å². The van der Waals surface area contributed by atoms with E-state index < -0.39 is 26.7 Å². The zero-order valence-corrected chi connectivity index (χ0v) is 14.4. The van der Waals surface area contributed by atoms with Crippen molar-refractivity contribution in [1.82, 2.24) is 9.29 Å². The molecule has 1 aliphatic rings. The second-order valence-corrected chi connectivity index (χ2v) is 8.12. The van der Waals surface area contributed by atoms with Crippen LogP contribution in [-0.2, 0) is 29.2 Å². The van der Waals surface area contributed by atoms with Crippen LogP contribution in [0.25, 0.3) is 10.9 Å². The van der Waals surface area contributed by atoms with Gasteiger partial charge in [0.25, 0.3) is 0 Å². The molecule has 0 saturated carbocycles. The van der Waals surface area contributed by atoms with E-state index in [0.29, 0.717) is 6.42 Å². The van der Waals surface area contributed by atoms with Gasteiger partial charge in [-0.3, -0.25) is 0 Å². The molecule has 0 spiro atoms. The first-order chi connectivity index (χ1) is 12.3. The van der Waals surface area contributed by atoms with Gasteiger partial charge in [-0.2, -0.15) is 17.5 Å². The number of H-pyrrole nitrogens is 1. The van der Waals surface area contributed by atoms with Gasteiger partial charge in [-0.1, -0.05) is 30.3 Å². The lowest BCUT2D eigenvalue weighted by molar-refractivity contribution is -0.139. The number of hydrogen-bond acceptors (Lipinski definition) is 2. The first kappa shape index (κ1) is 17.1. The summed E-state index contributed by atoms with van der Waals surface area (Å²) in [7, 11) is -4.27. The van der Waals surface area contributed by atoms with Gasteiger partial charge in [-0.15, -0.1) is 0 Å². The SMILES string of the molecule is O=S(=O)(c1ccccc1C(F)(F)F)N1CCc2[nH]c3ccccc3c2C1. The minimum atomic E-state index is -4.73. The highest BCUT2D eigenvalue weighted by atomic mass is 32.2. The topological polar surface area (TPSA) is 53.2 Å². The number of aromatic nitrogens is 1. The lowest BCUT2D eigenvalue weighted by Gasteiger charge is -2.27. The van der Waals surface area contributed by atoms with Gasteiger partial charge in [0, 0.05) is 36.1 Å². The van der Waals surface area contributed by atoms with Crippen molar-refractivity contribution < 1.29 is 21.6 Å². The Morgan fingerprint density at radius 2 is 1.69 bits per heavy atom. The number of sulfonamides is 1. The van der Waals surface area contributed by atoms with Crippen LogP contribution in [0.3, 0.4) is 0 Å². The summed E-state index contributed by atoms with van der Waals surface area (Å²) in [6.45, 7) is 0.183. The van der Waals surface area contributed by atoms with E-state index in [-0.39, 0.29) is 13.1 Å². The second-order valence-electron chi connectivity index (χ2n) is 6.21. The molecule has 4 rings (SSSR count). The van der Waals surface area contributed by atoms with Crippen molar-refractivity contribution in [1.29, 1.82) is 0 Å². The normalized spacial score (nSPS) is 16.0. The van der Waals surface area contributed by atoms with Crippen molar-refractivity contribution in [3.8, 4) is 0 Å². The van der Waals surface area contributed by atoms with Gasteiger partial charge in [0.2, 0.25) is 10.0 Å². The highest BCUT2D eigenvalue weighted by Gasteiger charge is 2.39. The molecule has 8 heteroatoms. The molecule has 3 aromatic rings. The maximum absolute atomic E-state index is 13.3. The van der Waals surface area contributed by atoms with E-state index in [1.165, 1.54) is 12.1 Å². The molecule has 0 unspecified atom stereocenters. The minimum Gasteiger partial charge on any atom is -0.358 e. The molecule has 1 aromatic heterocycles. The Labute approximate surface area is 148 Å². The number of nitrogens with one attached hydrogen (secondary N) is 1. The minimum absolute atomic E-state index is 0.0495. The number of fused-ring (bicyclic) bond motifs is 3. The number of aromatic amines is 1. The molecule has 0 fully saturated rings. The highest BCUT2D eigenvalue weighted by molar-refractivity contribution is 7.89. The van der Waals surface area contributed by atoms with Crippen LogP contribution in [0.2, 0.25) is 0 Å². The molecule has 2 heterocycles. The molecule has 26 heavy (non-hydrogen) atoms. The van der Waals surface area contributed by atoms with E-state index >= 15 is 0 Å². The van der Waals surface area contributed by atoms with Crippen molar-refractivity contribution >= 4 is 20.9 Å². The Bertz CT molecular complexity index is 1090. The maximum atomic E-state index is 13.3. The van der Waals surface area contributed by atoms with E-state index in [0.717, 1.165) is 38.6 Å². The van der Waals surface area contributed by atoms with Gasteiger partial charge >= 0.3 is 6.18 Å². The van der Waals surface area contributed by atoms with Gasteiger partial charge in [0.1, 0.15) is 0 Å². The molecule has 1 N–H and O–H groups in total. The van der Waals surface area contributed by atoms with Gasteiger partial charge < -0.3 is 4.98 Å². The number of halogens is 3. The summed E-state index contributed by atoms with van der Waals surface area (Å²) in [6.07, 6.45) is -4.30. The van der Waals surface area contributed by atoms with Gasteiger partial charge in [-0.25, -0.2) is 8.42 Å². The Balaban J connectivity index is 1.77. The summed E-state index contributed by atoms with van der Waals surface area (Å²) in [5.74, 6) is 0. The fourth-order valence-electron chi connectivity index (χ4n) is 3.41. The third kappa shape index (κ3) is 2.69. The van der Waals surface area contributed by atoms with Gasteiger partial charge in [0.15, 0.2) is 0 Å². The van der Waals surface area contributed by atoms with E-state index in [2.05, 4.69) is 4.98 Å². The van der Waals surface area contributed by atoms with Crippen molar-refractivity contribution in [2.24, 2.45) is 0 Å². The molecule has 1 aliphatic heterocycles. The van der Waals surface area contributed by atoms with Crippen LogP contribution in [0.4, 0.5) is 13.2 Å². The highest BCUT2D eigenvalue weighted by Crippen LogP contribution is 2.37. The summed E-state index contributed by atoms with van der Waals surface area (Å²) in [6, 6.07) is 11.8. The number of nitrogens with zero attached hydrogens (tertiary/aromatic N) is 1. The van der Waals surface area contributed by atoms with E-state index in [4.69, 9.17) is 0 Å². The van der Waals surface area contributed by atoms with E-state index in [9.17, 15) is 21.6 Å². The lowest BCUT2D eigenvalue weighted by atomic mass is 10.1. The first-order valence-electron chi connectivity index (χ1n) is 8.03. The zero-order chi connectivity index (χ0) is 18.5. The average Bonchev–Trinajstić information content (AvgIpc) is 2.99. The van der Waals surface area contributed by atoms with Gasteiger partial charge in [-0.05, 0) is 23.8 Å². The predicted molar refractivity (Wildman–Crippen MR) is 91.0 cm³/mol. The summed E-state index contributed by atoms with van der Waals surface area (Å²) < 4.78 is 66.8. The summed E-state index contributed by atoms with van der Waals surface area (Å²) in [5, 5.41) is 0.895. The van der Waals surface area contributed by atoms with Crippen LogP contribution in [-0.4, -0.2) is 24.3 Å². The Kier molecular flexibility index (Phi) is 3.85. The van der Waals surface area contributed by atoms with Crippen molar-refractivity contribution in [3.05, 3.63) is 65.4 Å². The molecule has 4 nitrogen and oxygen atoms in total. The smallest absolute Gasteiger partial charge is 0.358 e. The molecule has 0 radical (unpaired) electrons. The third-order valence-electron chi connectivity index (χ3n) is 4.66. The number of para-hydroxylation sites is 1. The number of alkyl halides is 3. The van der Waals surface area contributed by atoms with Crippen LogP contribution < -0.4 is 0 Å². The Morgan fingerprint density at radius 3 is 2.46 bits per heavy atom. The zero-order valence-electron chi connectivity index (χ0n) is 13.5. The maximum Gasteiger partial charge on any atom is 0.417 e. The van der Waals surface area contributed by atoms with Crippen molar-refractivity contribution in [3.63, 3.8) is 0 Å². The summed E-state index contributed by atoms with van der Waals surface area (Å²) in [4.78, 5) is 2.56. The number of rotatable bonds is 2. The molecule has 0 aliphatic carbocycles. The largest absolute Gasteiger partial charge is 0.417 e. The monoisotopic (exact) mass is 380 g/mol. The molecule has 2 aromatic carbocycles. The first-order valence-corrected chi connectivity index (χ1v) is 9.47. The van der Waals surface area contributed by atoms with Crippen molar-refractivity contribution in [2.45, 2.75) is 24.0 Å². The number of hydrogen-bond donors (Lipinski definition) is 1. The second kappa shape index (κ2) is 5.85. The molecular weight excluding hydrogens is 365 g/mol. The molecule has 0 bridgehead atoms. The lowest BCUT2D eigenvalue weighted by Crippen LogP contribution is -2.36. The van der Waals surface area contributed by atoms with Gasteiger partial charge in [0.05, 0.1) is 10.5 Å². The van der Waals surface area contributed by atoms with Crippen LogP contribution >= 0.6 is 0 Å². The van der Waals surface area contributed by atoms with Crippen molar-refractivity contribution in [2.75, 3.05) is 6.54 Å². The number of benzene rings is 2. The standard InChI is InChI=1S/C18H15F3N2O2S/c19-18(20,21)14-6-2-4-8-17(14)26(24,25)23-10-9-16-13(11-23)12-5-1-3-7-15(12)22-16/h1-8,22H,9-11H2. The molecule has 0 saturated heterocycles. The fourth-order valence-corrected chi connectivity index (χ4v) is 5.03. The van der Waals surface area contributed by atoms with E-state index in [1.807, 2.05) is 24.3 Å². The quantitative estimate of drug-likeness (QED) is 0.732. The predicted octanol–water partition coefficient (Wildman–Crippen LogP) is 3.93. The molecule has 0 atom stereocenters.